The first-order valence-electron chi connectivity index (χ1n) is 7.57. The van der Waals surface area contributed by atoms with Crippen LogP contribution in [0.2, 0.25) is 0 Å². The minimum atomic E-state index is -1.20. The number of carboxylic acid groups (broad SMARTS) is 1. The molecule has 3 N–H and O–H groups in total. The molecular weight excluding hydrogens is 326 g/mol. The number of hydrogen-bond donors (Lipinski definition) is 3. The van der Waals surface area contributed by atoms with Crippen LogP contribution >= 0.6 is 0 Å². The van der Waals surface area contributed by atoms with Gasteiger partial charge in [0.25, 0.3) is 5.56 Å². The molecule has 0 saturated carbocycles. The van der Waals surface area contributed by atoms with Crippen LogP contribution in [-0.4, -0.2) is 30.3 Å². The summed E-state index contributed by atoms with van der Waals surface area (Å²) in [6.45, 7) is 0. The Morgan fingerprint density at radius 3 is 2.56 bits per heavy atom. The number of H-pyrrole nitrogens is 1. The van der Waals surface area contributed by atoms with Gasteiger partial charge in [-0.05, 0) is 5.56 Å². The lowest BCUT2D eigenvalue weighted by atomic mass is 10.1. The molecule has 0 aliphatic rings. The number of nitrogens with one attached hydrogen (secondary N) is 2. The zero-order chi connectivity index (χ0) is 18.1. The lowest BCUT2D eigenvalue weighted by Crippen LogP contribution is -2.30. The maximum atomic E-state index is 12.1. The monoisotopic (exact) mass is 343 g/mol. The van der Waals surface area contributed by atoms with Crippen LogP contribution in [0.3, 0.4) is 0 Å². The molecular formula is C16H17N5O4. The molecule has 3 aromatic rings. The van der Waals surface area contributed by atoms with Crippen molar-refractivity contribution in [1.29, 1.82) is 0 Å². The molecule has 0 aliphatic carbocycles. The summed E-state index contributed by atoms with van der Waals surface area (Å²) < 4.78 is 2.73. The minimum Gasteiger partial charge on any atom is -0.465 e. The van der Waals surface area contributed by atoms with Gasteiger partial charge in [0.15, 0.2) is 11.2 Å². The molecule has 0 radical (unpaired) electrons. The van der Waals surface area contributed by atoms with Crippen molar-refractivity contribution in [2.75, 3.05) is 0 Å². The summed E-state index contributed by atoms with van der Waals surface area (Å²) in [6.07, 6.45) is -0.841. The summed E-state index contributed by atoms with van der Waals surface area (Å²) in [4.78, 5) is 41.7. The Bertz CT molecular complexity index is 1050. The topological polar surface area (TPSA) is 122 Å². The van der Waals surface area contributed by atoms with Gasteiger partial charge in [0.2, 0.25) is 0 Å². The van der Waals surface area contributed by atoms with Gasteiger partial charge in [-0.3, -0.25) is 14.3 Å². The van der Waals surface area contributed by atoms with Gasteiger partial charge in [-0.1, -0.05) is 30.3 Å². The molecule has 9 heteroatoms. The van der Waals surface area contributed by atoms with Gasteiger partial charge in [0.05, 0.1) is 6.04 Å². The maximum Gasteiger partial charge on any atom is 0.405 e. The average molecular weight is 343 g/mol. The zero-order valence-corrected chi connectivity index (χ0v) is 13.7. The van der Waals surface area contributed by atoms with Crippen LogP contribution in [0.15, 0.2) is 39.9 Å². The van der Waals surface area contributed by atoms with Gasteiger partial charge < -0.3 is 15.0 Å². The smallest absolute Gasteiger partial charge is 0.405 e. The lowest BCUT2D eigenvalue weighted by molar-refractivity contribution is 0.189. The van der Waals surface area contributed by atoms with Crippen LogP contribution in [0.5, 0.6) is 0 Å². The summed E-state index contributed by atoms with van der Waals surface area (Å²) in [5.41, 5.74) is 0.191. The molecule has 9 nitrogen and oxygen atoms in total. The van der Waals surface area contributed by atoms with Crippen LogP contribution < -0.4 is 16.6 Å². The van der Waals surface area contributed by atoms with Crippen molar-refractivity contribution in [3.63, 3.8) is 0 Å². The van der Waals surface area contributed by atoms with Crippen molar-refractivity contribution in [1.82, 2.24) is 24.4 Å². The lowest BCUT2D eigenvalue weighted by Gasteiger charge is -2.16. The van der Waals surface area contributed by atoms with Crippen LogP contribution in [0.1, 0.15) is 17.4 Å². The van der Waals surface area contributed by atoms with Crippen molar-refractivity contribution in [3.8, 4) is 0 Å². The number of aromatic nitrogens is 4. The molecule has 2 aromatic heterocycles. The standard InChI is InChI=1S/C16H17N5O4/c1-20-11-13(21(2)15(23)19-14(11)22)18-12(20)10(17-16(24)25)8-9-6-4-3-5-7-9/h3-7,10,17H,8H2,1-2H3,(H,24,25)(H,19,22,23). The summed E-state index contributed by atoms with van der Waals surface area (Å²) in [7, 11) is 3.11. The number of amides is 1. The van der Waals surface area contributed by atoms with Gasteiger partial charge in [0, 0.05) is 20.5 Å². The van der Waals surface area contributed by atoms with Crippen LogP contribution in [-0.2, 0) is 20.5 Å². The Kier molecular flexibility index (Phi) is 4.14. The molecule has 1 atom stereocenters. The molecule has 3 rings (SSSR count). The van der Waals surface area contributed by atoms with E-state index in [-0.39, 0.29) is 11.2 Å². The van der Waals surface area contributed by atoms with E-state index in [4.69, 9.17) is 0 Å². The highest BCUT2D eigenvalue weighted by Gasteiger charge is 2.23. The Morgan fingerprint density at radius 2 is 1.92 bits per heavy atom. The second-order valence-electron chi connectivity index (χ2n) is 5.71. The second-order valence-corrected chi connectivity index (χ2v) is 5.71. The highest BCUT2D eigenvalue weighted by molar-refractivity contribution is 5.71. The average Bonchev–Trinajstić information content (AvgIpc) is 2.91. The number of rotatable bonds is 4. The molecule has 1 amide bonds. The van der Waals surface area contributed by atoms with E-state index in [0.717, 1.165) is 5.56 Å². The molecule has 0 aliphatic heterocycles. The van der Waals surface area contributed by atoms with Gasteiger partial charge >= 0.3 is 11.8 Å². The van der Waals surface area contributed by atoms with Gasteiger partial charge in [-0.25, -0.2) is 14.6 Å². The number of benzene rings is 1. The number of carbonyl (C=O) groups is 1. The van der Waals surface area contributed by atoms with E-state index in [1.165, 1.54) is 16.2 Å². The van der Waals surface area contributed by atoms with Crippen molar-refractivity contribution in [2.45, 2.75) is 12.5 Å². The van der Waals surface area contributed by atoms with Gasteiger partial charge in [0.1, 0.15) is 5.82 Å². The van der Waals surface area contributed by atoms with Gasteiger partial charge in [-0.15, -0.1) is 0 Å². The van der Waals surface area contributed by atoms with E-state index in [0.29, 0.717) is 12.2 Å². The Morgan fingerprint density at radius 1 is 1.24 bits per heavy atom. The maximum absolute atomic E-state index is 12.1. The van der Waals surface area contributed by atoms with E-state index in [1.807, 2.05) is 30.3 Å². The summed E-state index contributed by atoms with van der Waals surface area (Å²) >= 11 is 0. The molecule has 1 unspecified atom stereocenters. The highest BCUT2D eigenvalue weighted by atomic mass is 16.4. The Hall–Kier alpha value is -3.36. The number of aryl methyl sites for hydroxylation is 2. The van der Waals surface area contributed by atoms with E-state index in [9.17, 15) is 19.5 Å². The number of aromatic amines is 1. The van der Waals surface area contributed by atoms with E-state index < -0.39 is 23.4 Å². The van der Waals surface area contributed by atoms with Gasteiger partial charge in [-0.2, -0.15) is 0 Å². The zero-order valence-electron chi connectivity index (χ0n) is 13.7. The summed E-state index contributed by atoms with van der Waals surface area (Å²) in [5.74, 6) is 0.355. The predicted molar refractivity (Wildman–Crippen MR) is 90.6 cm³/mol. The second kappa shape index (κ2) is 6.27. The molecule has 0 saturated heterocycles. The van der Waals surface area contributed by atoms with Crippen molar-refractivity contribution in [2.24, 2.45) is 14.1 Å². The third-order valence-electron chi connectivity index (χ3n) is 4.06. The van der Waals surface area contributed by atoms with Crippen molar-refractivity contribution < 1.29 is 9.90 Å². The molecule has 2 heterocycles. The number of imidazole rings is 1. The minimum absolute atomic E-state index is 0.205. The first-order valence-corrected chi connectivity index (χ1v) is 7.57. The molecule has 0 bridgehead atoms. The Labute approximate surface area is 141 Å². The number of fused-ring (bicyclic) bond motifs is 1. The molecule has 1 aromatic carbocycles. The molecule has 130 valence electrons. The van der Waals surface area contributed by atoms with E-state index in [2.05, 4.69) is 15.3 Å². The third-order valence-corrected chi connectivity index (χ3v) is 4.06. The summed E-state index contributed by atoms with van der Waals surface area (Å²) in [5, 5.41) is 11.6. The molecule has 0 spiro atoms. The number of hydrogen-bond acceptors (Lipinski definition) is 4. The van der Waals surface area contributed by atoms with Crippen LogP contribution in [0.4, 0.5) is 4.79 Å². The van der Waals surface area contributed by atoms with Crippen LogP contribution in [0, 0.1) is 0 Å². The first-order chi connectivity index (χ1) is 11.9. The molecule has 25 heavy (non-hydrogen) atoms. The van der Waals surface area contributed by atoms with Crippen molar-refractivity contribution >= 4 is 17.3 Å². The van der Waals surface area contributed by atoms with E-state index >= 15 is 0 Å². The SMILES string of the molecule is Cn1c(C(Cc2ccccc2)NC(=O)O)nc2c1c(=O)[nH]c(=O)n2C. The normalized spacial score (nSPS) is 12.2. The Balaban J connectivity index is 2.16. The fourth-order valence-corrected chi connectivity index (χ4v) is 2.84. The fourth-order valence-electron chi connectivity index (χ4n) is 2.84. The fraction of sp³-hybridized carbons (Fsp3) is 0.250. The highest BCUT2D eigenvalue weighted by Crippen LogP contribution is 2.20. The quantitative estimate of drug-likeness (QED) is 0.637. The largest absolute Gasteiger partial charge is 0.465 e. The third kappa shape index (κ3) is 3.03. The first kappa shape index (κ1) is 16.5. The van der Waals surface area contributed by atoms with Crippen LogP contribution in [0.25, 0.3) is 11.2 Å². The summed E-state index contributed by atoms with van der Waals surface area (Å²) in [6, 6.07) is 8.66. The molecule has 0 fully saturated rings. The van der Waals surface area contributed by atoms with Crippen molar-refractivity contribution in [3.05, 3.63) is 62.6 Å². The predicted octanol–water partition coefficient (Wildman–Crippen LogP) is 0.512. The van der Waals surface area contributed by atoms with E-state index in [1.54, 1.807) is 7.05 Å². The number of nitrogens with zero attached hydrogens (tertiary/aromatic N) is 3.